The first-order valence-corrected chi connectivity index (χ1v) is 5.30. The van der Waals surface area contributed by atoms with E-state index in [1.54, 1.807) is 18.2 Å². The molecule has 19 heavy (non-hydrogen) atoms. The van der Waals surface area contributed by atoms with Crippen molar-refractivity contribution in [1.82, 2.24) is 0 Å². The number of aliphatic carboxylic acids is 2. The molecule has 0 amide bonds. The Morgan fingerprint density at radius 2 is 1.68 bits per heavy atom. The van der Waals surface area contributed by atoms with E-state index in [0.717, 1.165) is 0 Å². The Labute approximate surface area is 108 Å². The minimum Gasteiger partial charge on any atom is -0.481 e. The van der Waals surface area contributed by atoms with Gasteiger partial charge in [0.15, 0.2) is 6.10 Å². The fourth-order valence-corrected chi connectivity index (χ4v) is 1.31. The van der Waals surface area contributed by atoms with E-state index in [0.29, 0.717) is 0 Å². The Balaban J connectivity index is 2.72. The zero-order valence-electron chi connectivity index (χ0n) is 9.72. The summed E-state index contributed by atoms with van der Waals surface area (Å²) < 4.78 is 4.47. The number of carbonyl (C=O) groups excluding carboxylic acids is 1. The Morgan fingerprint density at radius 1 is 1.11 bits per heavy atom. The van der Waals surface area contributed by atoms with Crippen molar-refractivity contribution in [2.24, 2.45) is 0 Å². The molecule has 0 aliphatic heterocycles. The highest BCUT2D eigenvalue weighted by Gasteiger charge is 2.29. The van der Waals surface area contributed by atoms with Gasteiger partial charge in [0.25, 0.3) is 0 Å². The summed E-state index contributed by atoms with van der Waals surface area (Å²) in [6.07, 6.45) is -4.36. The summed E-state index contributed by atoms with van der Waals surface area (Å²) in [6.45, 7) is 0. The number of ether oxygens (including phenoxy) is 1. The molecule has 0 aliphatic rings. The highest BCUT2D eigenvalue weighted by molar-refractivity contribution is 5.84. The van der Waals surface area contributed by atoms with Crippen LogP contribution in [0.1, 0.15) is 18.1 Å². The first kappa shape index (κ1) is 14.7. The van der Waals surface area contributed by atoms with Crippen LogP contribution in [0.2, 0.25) is 0 Å². The largest absolute Gasteiger partial charge is 0.481 e. The normalized spacial score (nSPS) is 13.3. The molecule has 0 radical (unpaired) electrons. The SMILES string of the molecule is O=C(O)CC(OC(=O)[C@H](O)c1ccccc1)C(=O)O. The van der Waals surface area contributed by atoms with Crippen LogP contribution >= 0.6 is 0 Å². The van der Waals surface area contributed by atoms with Crippen LogP contribution in [0.5, 0.6) is 0 Å². The third kappa shape index (κ3) is 4.40. The van der Waals surface area contributed by atoms with Gasteiger partial charge in [-0.1, -0.05) is 30.3 Å². The molecule has 1 aromatic carbocycles. The molecule has 102 valence electrons. The Hall–Kier alpha value is -2.41. The number of esters is 1. The molecule has 0 aliphatic carbocycles. The maximum Gasteiger partial charge on any atom is 0.345 e. The lowest BCUT2D eigenvalue weighted by atomic mass is 10.1. The van der Waals surface area contributed by atoms with E-state index in [1.807, 2.05) is 0 Å². The van der Waals surface area contributed by atoms with Crippen LogP contribution in [0.25, 0.3) is 0 Å². The molecule has 2 atom stereocenters. The lowest BCUT2D eigenvalue weighted by molar-refractivity contribution is -0.173. The van der Waals surface area contributed by atoms with Crippen LogP contribution in [-0.4, -0.2) is 39.3 Å². The van der Waals surface area contributed by atoms with Gasteiger partial charge < -0.3 is 20.1 Å². The molecule has 0 spiro atoms. The number of hydrogen-bond acceptors (Lipinski definition) is 5. The average molecular weight is 268 g/mol. The highest BCUT2D eigenvalue weighted by atomic mass is 16.6. The van der Waals surface area contributed by atoms with E-state index in [1.165, 1.54) is 12.1 Å². The molecular formula is C12H12O7. The summed E-state index contributed by atoms with van der Waals surface area (Å²) in [6, 6.07) is 7.75. The van der Waals surface area contributed by atoms with Gasteiger partial charge in [-0.3, -0.25) is 4.79 Å². The Bertz CT molecular complexity index is 468. The van der Waals surface area contributed by atoms with Crippen LogP contribution in [0.15, 0.2) is 30.3 Å². The lowest BCUT2D eigenvalue weighted by Gasteiger charge is -2.15. The number of carboxylic acids is 2. The van der Waals surface area contributed by atoms with Crippen LogP contribution in [0, 0.1) is 0 Å². The fourth-order valence-electron chi connectivity index (χ4n) is 1.31. The summed E-state index contributed by atoms with van der Waals surface area (Å²) in [4.78, 5) is 32.6. The monoisotopic (exact) mass is 268 g/mol. The lowest BCUT2D eigenvalue weighted by Crippen LogP contribution is -2.31. The van der Waals surface area contributed by atoms with Crippen molar-refractivity contribution in [3.8, 4) is 0 Å². The van der Waals surface area contributed by atoms with E-state index in [4.69, 9.17) is 10.2 Å². The number of carboxylic acid groups (broad SMARTS) is 2. The highest BCUT2D eigenvalue weighted by Crippen LogP contribution is 2.15. The minimum atomic E-state index is -1.83. The van der Waals surface area contributed by atoms with Crippen molar-refractivity contribution in [3.63, 3.8) is 0 Å². The molecule has 3 N–H and O–H groups in total. The predicted octanol–water partition coefficient (Wildman–Crippen LogP) is 0.191. The molecule has 1 rings (SSSR count). The second kappa shape index (κ2) is 6.50. The van der Waals surface area contributed by atoms with Crippen LogP contribution < -0.4 is 0 Å². The van der Waals surface area contributed by atoms with Gasteiger partial charge in [0.2, 0.25) is 6.10 Å². The molecule has 0 heterocycles. The van der Waals surface area contributed by atoms with E-state index < -0.39 is 36.5 Å². The molecule has 0 saturated carbocycles. The Kier molecular flexibility index (Phi) is 5.01. The van der Waals surface area contributed by atoms with Gasteiger partial charge in [-0.2, -0.15) is 0 Å². The third-order valence-corrected chi connectivity index (χ3v) is 2.23. The molecule has 0 bridgehead atoms. The third-order valence-electron chi connectivity index (χ3n) is 2.23. The molecule has 7 nitrogen and oxygen atoms in total. The zero-order chi connectivity index (χ0) is 14.4. The van der Waals surface area contributed by atoms with E-state index >= 15 is 0 Å². The number of rotatable bonds is 6. The minimum absolute atomic E-state index is 0.229. The second-order valence-corrected chi connectivity index (χ2v) is 3.67. The maximum atomic E-state index is 11.5. The number of hydrogen-bond donors (Lipinski definition) is 3. The standard InChI is InChI=1S/C12H12O7/c13-9(14)6-8(11(16)17)19-12(18)10(15)7-4-2-1-3-5-7/h1-5,8,10,15H,6H2,(H,13,14)(H,16,17)/t8?,10-/m1/s1. The molecule has 0 aromatic heterocycles. The van der Waals surface area contributed by atoms with Crippen molar-refractivity contribution in [2.75, 3.05) is 0 Å². The predicted molar refractivity (Wildman–Crippen MR) is 61.2 cm³/mol. The average Bonchev–Trinajstić information content (AvgIpc) is 2.37. The smallest absolute Gasteiger partial charge is 0.345 e. The van der Waals surface area contributed by atoms with Gasteiger partial charge in [0.05, 0.1) is 6.42 Å². The topological polar surface area (TPSA) is 121 Å². The molecule has 1 aromatic rings. The Morgan fingerprint density at radius 3 is 2.16 bits per heavy atom. The summed E-state index contributed by atoms with van der Waals surface area (Å²) in [5.74, 6) is -4.22. The zero-order valence-corrected chi connectivity index (χ0v) is 9.72. The summed E-state index contributed by atoms with van der Waals surface area (Å²) in [5.41, 5.74) is 0.229. The molecule has 0 fully saturated rings. The number of aliphatic hydroxyl groups excluding tert-OH is 1. The van der Waals surface area contributed by atoms with Gasteiger partial charge >= 0.3 is 17.9 Å². The molecule has 7 heteroatoms. The summed E-state index contributed by atoms with van der Waals surface area (Å²) in [7, 11) is 0. The van der Waals surface area contributed by atoms with Crippen molar-refractivity contribution >= 4 is 17.9 Å². The van der Waals surface area contributed by atoms with Gasteiger partial charge in [0.1, 0.15) is 0 Å². The van der Waals surface area contributed by atoms with Gasteiger partial charge in [0, 0.05) is 0 Å². The number of carbonyl (C=O) groups is 3. The van der Waals surface area contributed by atoms with Crippen LogP contribution in [0.3, 0.4) is 0 Å². The van der Waals surface area contributed by atoms with Crippen molar-refractivity contribution in [1.29, 1.82) is 0 Å². The van der Waals surface area contributed by atoms with Crippen molar-refractivity contribution in [3.05, 3.63) is 35.9 Å². The molecule has 0 saturated heterocycles. The number of aliphatic hydroxyl groups is 1. The van der Waals surface area contributed by atoms with Crippen LogP contribution in [-0.2, 0) is 19.1 Å². The van der Waals surface area contributed by atoms with E-state index in [-0.39, 0.29) is 5.56 Å². The van der Waals surface area contributed by atoms with Crippen molar-refractivity contribution < 1.29 is 34.4 Å². The van der Waals surface area contributed by atoms with Crippen LogP contribution in [0.4, 0.5) is 0 Å². The first-order chi connectivity index (χ1) is 8.91. The quantitative estimate of drug-likeness (QED) is 0.629. The summed E-state index contributed by atoms with van der Waals surface area (Å²) in [5, 5.41) is 26.8. The second-order valence-electron chi connectivity index (χ2n) is 3.67. The van der Waals surface area contributed by atoms with Crippen molar-refractivity contribution in [2.45, 2.75) is 18.6 Å². The molecular weight excluding hydrogens is 256 g/mol. The fraction of sp³-hybridized carbons (Fsp3) is 0.250. The van der Waals surface area contributed by atoms with Gasteiger partial charge in [-0.05, 0) is 5.56 Å². The molecule has 1 unspecified atom stereocenters. The van der Waals surface area contributed by atoms with Gasteiger partial charge in [-0.25, -0.2) is 9.59 Å². The maximum absolute atomic E-state index is 11.5. The van der Waals surface area contributed by atoms with Gasteiger partial charge in [-0.15, -0.1) is 0 Å². The summed E-state index contributed by atoms with van der Waals surface area (Å²) >= 11 is 0. The number of benzene rings is 1. The first-order valence-electron chi connectivity index (χ1n) is 5.30. The van der Waals surface area contributed by atoms with E-state index in [9.17, 15) is 19.5 Å². The van der Waals surface area contributed by atoms with E-state index in [2.05, 4.69) is 4.74 Å².